The van der Waals surface area contributed by atoms with Gasteiger partial charge in [-0.25, -0.2) is 0 Å². The average Bonchev–Trinajstić information content (AvgIpc) is 3.70. The maximum absolute atomic E-state index is 9.89. The van der Waals surface area contributed by atoms with Gasteiger partial charge in [-0.05, 0) is 121 Å². The molecule has 0 bridgehead atoms. The second kappa shape index (κ2) is 13.2. The summed E-state index contributed by atoms with van der Waals surface area (Å²) in [6.07, 6.45) is 0. The first-order valence-electron chi connectivity index (χ1n) is 20.8. The van der Waals surface area contributed by atoms with Gasteiger partial charge in [0, 0.05) is 22.1 Å². The lowest BCUT2D eigenvalue weighted by Gasteiger charge is -2.27. The van der Waals surface area contributed by atoms with Gasteiger partial charge in [-0.1, -0.05) is 152 Å². The van der Waals surface area contributed by atoms with E-state index in [9.17, 15) is 4.11 Å². The first-order chi connectivity index (χ1) is 29.4. The van der Waals surface area contributed by atoms with Crippen molar-refractivity contribution in [1.82, 2.24) is 0 Å². The van der Waals surface area contributed by atoms with E-state index in [2.05, 4.69) is 103 Å². The summed E-state index contributed by atoms with van der Waals surface area (Å²) in [5.41, 5.74) is 8.34. The fourth-order valence-electron chi connectivity index (χ4n) is 8.10. The first-order valence-corrected chi connectivity index (χ1v) is 18.8. The van der Waals surface area contributed by atoms with Gasteiger partial charge in [-0.3, -0.25) is 0 Å². The number of fused-ring (bicyclic) bond motifs is 7. The van der Waals surface area contributed by atoms with Crippen LogP contribution in [0.25, 0.3) is 87.6 Å². The highest BCUT2D eigenvalue weighted by atomic mass is 16.3. The molecule has 56 heavy (non-hydrogen) atoms. The quantitative estimate of drug-likeness (QED) is 0.170. The van der Waals surface area contributed by atoms with E-state index in [1.807, 2.05) is 89.8 Å². The van der Waals surface area contributed by atoms with E-state index >= 15 is 0 Å². The van der Waals surface area contributed by atoms with Crippen molar-refractivity contribution in [3.8, 4) is 33.4 Å². The molecule has 11 rings (SSSR count). The predicted molar refractivity (Wildman–Crippen MR) is 237 cm³/mol. The molecule has 0 fully saturated rings. The molecule has 262 valence electrons. The summed E-state index contributed by atoms with van der Waals surface area (Å²) >= 11 is 0. The van der Waals surface area contributed by atoms with Gasteiger partial charge < -0.3 is 9.32 Å². The van der Waals surface area contributed by atoms with Crippen LogP contribution in [0.2, 0.25) is 0 Å². The van der Waals surface area contributed by atoms with Crippen LogP contribution in [0.15, 0.2) is 217 Å². The summed E-state index contributed by atoms with van der Waals surface area (Å²) in [5.74, 6) is 0. The summed E-state index contributed by atoms with van der Waals surface area (Å²) in [6, 6.07) is 63.1. The Bertz CT molecular complexity index is 3500. The van der Waals surface area contributed by atoms with Crippen molar-refractivity contribution >= 4 is 71.3 Å². The number of anilines is 3. The normalized spacial score (nSPS) is 12.6. The largest absolute Gasteiger partial charge is 0.455 e. The Morgan fingerprint density at radius 3 is 1.73 bits per heavy atom. The number of hydrogen-bond donors (Lipinski definition) is 0. The molecule has 0 aliphatic carbocycles. The summed E-state index contributed by atoms with van der Waals surface area (Å²) in [6.45, 7) is 0. The van der Waals surface area contributed by atoms with Crippen molar-refractivity contribution in [3.63, 3.8) is 0 Å². The molecule has 0 aliphatic heterocycles. The number of nitrogens with zero attached hydrogens (tertiary/aromatic N) is 1. The van der Waals surface area contributed by atoms with Crippen LogP contribution < -0.4 is 4.90 Å². The van der Waals surface area contributed by atoms with E-state index < -0.39 is 0 Å². The second-order valence-corrected chi connectivity index (χ2v) is 14.2. The minimum atomic E-state index is -0.244. The molecule has 0 amide bonds. The van der Waals surface area contributed by atoms with Crippen molar-refractivity contribution in [3.05, 3.63) is 212 Å². The van der Waals surface area contributed by atoms with Gasteiger partial charge in [0.25, 0.3) is 0 Å². The third-order valence-corrected chi connectivity index (χ3v) is 10.9. The van der Waals surface area contributed by atoms with Crippen LogP contribution in [0.4, 0.5) is 17.1 Å². The maximum atomic E-state index is 9.89. The number of benzene rings is 10. The van der Waals surface area contributed by atoms with E-state index in [1.54, 1.807) is 0 Å². The van der Waals surface area contributed by atoms with Crippen molar-refractivity contribution in [2.24, 2.45) is 0 Å². The molecule has 2 nitrogen and oxygen atoms in total. The van der Waals surface area contributed by atoms with Crippen LogP contribution in [0.3, 0.4) is 0 Å². The standard InChI is InChI=1S/C54H35NO/c1-3-13-40-33-45(24-22-36(40)10-1)43-16-7-15-42(32-43)38-26-29-47(30-27-38)55(48-18-8-17-44(35-48)46-25-23-37-11-2-4-14-41(37)34-46)51-20-9-21-52-53(51)50-31-28-39-12-5-6-19-49(39)54(50)56-52/h1-35H/i8D,17D,18D,35D. The summed E-state index contributed by atoms with van der Waals surface area (Å²) < 4.78 is 44.3. The molecule has 0 saturated carbocycles. The van der Waals surface area contributed by atoms with Gasteiger partial charge in [-0.2, -0.15) is 0 Å². The van der Waals surface area contributed by atoms with Crippen LogP contribution in [-0.4, -0.2) is 0 Å². The zero-order valence-electron chi connectivity index (χ0n) is 34.3. The Balaban J connectivity index is 1.11. The number of furan rings is 1. The van der Waals surface area contributed by atoms with Crippen molar-refractivity contribution in [2.45, 2.75) is 0 Å². The zero-order valence-corrected chi connectivity index (χ0v) is 30.3. The molecular formula is C54H35NO. The monoisotopic (exact) mass is 717 g/mol. The van der Waals surface area contributed by atoms with E-state index in [0.29, 0.717) is 28.1 Å². The number of rotatable bonds is 6. The lowest BCUT2D eigenvalue weighted by Crippen LogP contribution is -2.10. The lowest BCUT2D eigenvalue weighted by molar-refractivity contribution is 0.672. The van der Waals surface area contributed by atoms with Gasteiger partial charge in [-0.15, -0.1) is 0 Å². The molecule has 0 saturated heterocycles. The molecule has 10 aromatic carbocycles. The molecule has 0 N–H and O–H groups in total. The molecule has 1 heterocycles. The fraction of sp³-hybridized carbons (Fsp3) is 0. The van der Waals surface area contributed by atoms with E-state index in [4.69, 9.17) is 5.79 Å². The summed E-state index contributed by atoms with van der Waals surface area (Å²) in [5, 5.41) is 8.20. The summed E-state index contributed by atoms with van der Waals surface area (Å²) in [4.78, 5) is 1.91. The minimum absolute atomic E-state index is 0.00121. The van der Waals surface area contributed by atoms with Crippen molar-refractivity contribution in [2.75, 3.05) is 4.90 Å². The highest BCUT2D eigenvalue weighted by Gasteiger charge is 2.21. The molecule has 0 spiro atoms. The smallest absolute Gasteiger partial charge is 0.143 e. The average molecular weight is 718 g/mol. The van der Waals surface area contributed by atoms with E-state index in [0.717, 1.165) is 60.2 Å². The molecule has 2 heteroatoms. The first kappa shape index (κ1) is 28.1. The number of hydrogen-bond acceptors (Lipinski definition) is 2. The third kappa shape index (κ3) is 5.51. The van der Waals surface area contributed by atoms with Crippen LogP contribution >= 0.6 is 0 Å². The fourth-order valence-corrected chi connectivity index (χ4v) is 8.10. The predicted octanol–water partition coefficient (Wildman–Crippen LogP) is 15.5. The van der Waals surface area contributed by atoms with Gasteiger partial charge >= 0.3 is 0 Å². The van der Waals surface area contributed by atoms with Crippen LogP contribution in [0.5, 0.6) is 0 Å². The van der Waals surface area contributed by atoms with Crippen molar-refractivity contribution in [1.29, 1.82) is 0 Å². The Morgan fingerprint density at radius 2 is 0.982 bits per heavy atom. The van der Waals surface area contributed by atoms with E-state index in [-0.39, 0.29) is 29.9 Å². The molecule has 0 unspecified atom stereocenters. The Hall–Kier alpha value is -7.42. The Morgan fingerprint density at radius 1 is 0.393 bits per heavy atom. The second-order valence-electron chi connectivity index (χ2n) is 14.2. The molecular weight excluding hydrogens is 679 g/mol. The molecule has 1 aromatic heterocycles. The highest BCUT2D eigenvalue weighted by Crippen LogP contribution is 2.45. The zero-order chi connectivity index (χ0) is 40.5. The Labute approximate surface area is 330 Å². The molecule has 0 aliphatic rings. The van der Waals surface area contributed by atoms with Gasteiger partial charge in [0.15, 0.2) is 0 Å². The van der Waals surface area contributed by atoms with Gasteiger partial charge in [0.2, 0.25) is 0 Å². The molecule has 11 aromatic rings. The Kier molecular flexibility index (Phi) is 6.60. The lowest BCUT2D eigenvalue weighted by atomic mass is 9.97. The third-order valence-electron chi connectivity index (χ3n) is 10.9. The summed E-state index contributed by atoms with van der Waals surface area (Å²) in [7, 11) is 0. The molecule has 0 radical (unpaired) electrons. The van der Waals surface area contributed by atoms with Gasteiger partial charge in [0.1, 0.15) is 11.2 Å². The van der Waals surface area contributed by atoms with E-state index in [1.165, 1.54) is 10.8 Å². The maximum Gasteiger partial charge on any atom is 0.143 e. The minimum Gasteiger partial charge on any atom is -0.455 e. The van der Waals surface area contributed by atoms with Crippen LogP contribution in [0, 0.1) is 0 Å². The molecule has 0 atom stereocenters. The topological polar surface area (TPSA) is 16.4 Å². The van der Waals surface area contributed by atoms with Crippen molar-refractivity contribution < 1.29 is 9.90 Å². The van der Waals surface area contributed by atoms with Crippen LogP contribution in [0.1, 0.15) is 5.48 Å². The van der Waals surface area contributed by atoms with Gasteiger partial charge in [0.05, 0.1) is 16.6 Å². The SMILES string of the molecule is [2H]c1c([2H])c(-c2ccc3ccccc3c2)c([2H])c(N(c2ccc(-c3cccc(-c4ccc5ccccc5c4)c3)cc2)c2cccc3oc4c5ccccc5ccc4c23)c1[2H]. The van der Waals surface area contributed by atoms with Crippen LogP contribution in [-0.2, 0) is 0 Å². The highest BCUT2D eigenvalue weighted by molar-refractivity contribution is 6.19.